The van der Waals surface area contributed by atoms with Gasteiger partial charge in [0.15, 0.2) is 16.9 Å². The average molecular weight is 428 g/mol. The quantitative estimate of drug-likeness (QED) is 0.451. The molecule has 1 aliphatic rings. The molecule has 1 amide bonds. The van der Waals surface area contributed by atoms with Gasteiger partial charge < -0.3 is 14.6 Å². The van der Waals surface area contributed by atoms with Crippen molar-refractivity contribution in [3.63, 3.8) is 0 Å². The van der Waals surface area contributed by atoms with Gasteiger partial charge in [0.25, 0.3) is 0 Å². The molecule has 0 bridgehead atoms. The van der Waals surface area contributed by atoms with E-state index in [1.54, 1.807) is 24.5 Å². The van der Waals surface area contributed by atoms with Crippen LogP contribution in [0, 0.1) is 5.41 Å². The van der Waals surface area contributed by atoms with E-state index in [2.05, 4.69) is 46.2 Å². The number of ether oxygens (including phenoxy) is 1. The van der Waals surface area contributed by atoms with Gasteiger partial charge >= 0.3 is 6.09 Å². The minimum Gasteiger partial charge on any atom is -0.406 e. The second-order valence-corrected chi connectivity index (χ2v) is 8.87. The summed E-state index contributed by atoms with van der Waals surface area (Å²) in [6, 6.07) is 17.5. The van der Waals surface area contributed by atoms with Crippen molar-refractivity contribution in [1.29, 1.82) is 0 Å². The largest absolute Gasteiger partial charge is 0.417 e. The summed E-state index contributed by atoms with van der Waals surface area (Å²) in [5.74, 6) is 0.334. The molecule has 0 saturated carbocycles. The third-order valence-corrected chi connectivity index (χ3v) is 5.75. The number of hydrogen-bond donors (Lipinski definition) is 2. The fourth-order valence-electron chi connectivity index (χ4n) is 4.05. The van der Waals surface area contributed by atoms with Gasteiger partial charge in [-0.2, -0.15) is 0 Å². The number of hydrogen-bond acceptors (Lipinski definition) is 5. The predicted octanol–water partition coefficient (Wildman–Crippen LogP) is 5.47. The molecule has 0 spiro atoms. The molecular weight excluding hydrogens is 402 g/mol. The van der Waals surface area contributed by atoms with Gasteiger partial charge in [0.05, 0.1) is 11.9 Å². The van der Waals surface area contributed by atoms with Crippen LogP contribution in [0.2, 0.25) is 0 Å². The van der Waals surface area contributed by atoms with Gasteiger partial charge in [0.2, 0.25) is 0 Å². The van der Waals surface area contributed by atoms with Crippen LogP contribution in [0.5, 0.6) is 5.75 Å². The van der Waals surface area contributed by atoms with Gasteiger partial charge in [-0.3, -0.25) is 5.32 Å². The van der Waals surface area contributed by atoms with Crippen LogP contribution < -0.4 is 15.0 Å². The maximum absolute atomic E-state index is 12.3. The van der Waals surface area contributed by atoms with E-state index in [0.717, 1.165) is 24.3 Å². The second-order valence-electron chi connectivity index (χ2n) is 8.87. The summed E-state index contributed by atoms with van der Waals surface area (Å²) < 4.78 is 5.50. The fourth-order valence-corrected chi connectivity index (χ4v) is 4.05. The van der Waals surface area contributed by atoms with Crippen LogP contribution in [0.1, 0.15) is 20.3 Å². The number of nitrogens with zero attached hydrogens (tertiary/aromatic N) is 3. The number of nitrogens with one attached hydrogen (secondary N) is 2. The highest BCUT2D eigenvalue weighted by molar-refractivity contribution is 5.90. The molecule has 1 aliphatic heterocycles. The van der Waals surface area contributed by atoms with E-state index >= 15 is 0 Å². The normalized spacial score (nSPS) is 15.1. The number of para-hydroxylation sites is 1. The highest BCUT2D eigenvalue weighted by atomic mass is 16.6. The molecule has 0 aliphatic carbocycles. The molecule has 2 N–H and O–H groups in total. The molecule has 2 aromatic carbocycles. The van der Waals surface area contributed by atoms with E-state index in [4.69, 9.17) is 9.72 Å². The fraction of sp³-hybridized carbons (Fsp3) is 0.240. The van der Waals surface area contributed by atoms with Gasteiger partial charge in [0, 0.05) is 36.2 Å². The Hall–Kier alpha value is -3.87. The number of rotatable bonds is 4. The molecule has 7 heteroatoms. The summed E-state index contributed by atoms with van der Waals surface area (Å²) in [7, 11) is 0. The number of anilines is 2. The number of fused-ring (bicyclic) bond motifs is 1. The Kier molecular flexibility index (Phi) is 5.01. The topological polar surface area (TPSA) is 83.1 Å². The van der Waals surface area contributed by atoms with E-state index in [1.165, 1.54) is 12.1 Å². The van der Waals surface area contributed by atoms with E-state index in [-0.39, 0.29) is 0 Å². The molecule has 5 rings (SSSR count). The van der Waals surface area contributed by atoms with Crippen molar-refractivity contribution in [3.05, 3.63) is 67.0 Å². The molecular formula is C25H25N5O2. The first-order valence-electron chi connectivity index (χ1n) is 10.7. The summed E-state index contributed by atoms with van der Waals surface area (Å²) >= 11 is 0. The van der Waals surface area contributed by atoms with Crippen LogP contribution in [0.15, 0.2) is 67.0 Å². The Labute approximate surface area is 186 Å². The van der Waals surface area contributed by atoms with Crippen molar-refractivity contribution in [3.8, 4) is 17.0 Å². The summed E-state index contributed by atoms with van der Waals surface area (Å²) in [5, 5.41) is 2.71. The van der Waals surface area contributed by atoms with Crippen LogP contribution in [0.4, 0.5) is 16.2 Å². The van der Waals surface area contributed by atoms with E-state index in [0.29, 0.717) is 28.0 Å². The maximum atomic E-state index is 12.3. The van der Waals surface area contributed by atoms with Crippen molar-refractivity contribution in [1.82, 2.24) is 15.0 Å². The van der Waals surface area contributed by atoms with Gasteiger partial charge in [-0.15, -0.1) is 0 Å². The molecule has 2 aromatic heterocycles. The number of carbonyl (C=O) groups excluding carboxylic acids is 1. The first-order chi connectivity index (χ1) is 15.5. The van der Waals surface area contributed by atoms with Crippen LogP contribution in [-0.2, 0) is 0 Å². The Bertz CT molecular complexity index is 1270. The summed E-state index contributed by atoms with van der Waals surface area (Å²) in [6.45, 7) is 6.69. The van der Waals surface area contributed by atoms with Crippen molar-refractivity contribution in [2.75, 3.05) is 23.3 Å². The van der Waals surface area contributed by atoms with E-state index < -0.39 is 6.09 Å². The van der Waals surface area contributed by atoms with E-state index in [9.17, 15) is 4.79 Å². The molecule has 0 atom stereocenters. The lowest BCUT2D eigenvalue weighted by molar-refractivity contribution is 0.215. The molecule has 7 nitrogen and oxygen atoms in total. The molecule has 0 unspecified atom stereocenters. The number of carbonyl (C=O) groups is 1. The molecule has 32 heavy (non-hydrogen) atoms. The lowest BCUT2D eigenvalue weighted by Crippen LogP contribution is -2.22. The van der Waals surface area contributed by atoms with Crippen LogP contribution in [0.3, 0.4) is 0 Å². The highest BCUT2D eigenvalue weighted by Gasteiger charge is 2.29. The highest BCUT2D eigenvalue weighted by Crippen LogP contribution is 2.34. The zero-order valence-corrected chi connectivity index (χ0v) is 18.1. The third-order valence-electron chi connectivity index (χ3n) is 5.75. The molecule has 4 aromatic rings. The van der Waals surface area contributed by atoms with Crippen LogP contribution in [-0.4, -0.2) is 34.1 Å². The van der Waals surface area contributed by atoms with E-state index in [1.807, 2.05) is 30.3 Å². The number of H-pyrrole nitrogens is 1. The molecule has 1 saturated heterocycles. The summed E-state index contributed by atoms with van der Waals surface area (Å²) in [4.78, 5) is 27.0. The lowest BCUT2D eigenvalue weighted by Gasteiger charge is -2.22. The monoisotopic (exact) mass is 427 g/mol. The Balaban J connectivity index is 1.39. The first-order valence-corrected chi connectivity index (χ1v) is 10.7. The first kappa shape index (κ1) is 20.1. The lowest BCUT2D eigenvalue weighted by atomic mass is 9.93. The SMILES string of the molecule is CC1(C)CCN(c2cccc(-c3cnc4[nH]cc(OC(=O)Nc5ccccc5)c4n3)c2)C1. The molecule has 3 heterocycles. The van der Waals surface area contributed by atoms with Gasteiger partial charge in [-0.1, -0.05) is 44.2 Å². The molecule has 0 radical (unpaired) electrons. The number of amides is 1. The summed E-state index contributed by atoms with van der Waals surface area (Å²) in [5.41, 5.74) is 4.95. The Morgan fingerprint density at radius 2 is 2.00 bits per heavy atom. The third kappa shape index (κ3) is 4.14. The standard InChI is InChI=1S/C25H25N5O2/c1-25(2)11-12-30(16-25)19-10-6-7-17(13-19)20-14-26-23-22(29-20)21(15-27-23)32-24(31)28-18-8-4-3-5-9-18/h3-10,13-15H,11-12,16H2,1-2H3,(H,26,27)(H,28,31). The van der Waals surface area contributed by atoms with Crippen LogP contribution in [0.25, 0.3) is 22.4 Å². The zero-order valence-electron chi connectivity index (χ0n) is 18.1. The number of benzene rings is 2. The number of aromatic nitrogens is 3. The number of aromatic amines is 1. The Morgan fingerprint density at radius 3 is 2.78 bits per heavy atom. The van der Waals surface area contributed by atoms with Gasteiger partial charge in [-0.25, -0.2) is 14.8 Å². The average Bonchev–Trinajstić information content (AvgIpc) is 3.37. The maximum Gasteiger partial charge on any atom is 0.417 e. The van der Waals surface area contributed by atoms with Gasteiger partial charge in [0.1, 0.15) is 0 Å². The second kappa shape index (κ2) is 8.00. The summed E-state index contributed by atoms with van der Waals surface area (Å²) in [6.07, 6.45) is 3.93. The van der Waals surface area contributed by atoms with Crippen molar-refractivity contribution in [2.24, 2.45) is 5.41 Å². The van der Waals surface area contributed by atoms with Crippen molar-refractivity contribution < 1.29 is 9.53 Å². The Morgan fingerprint density at radius 1 is 1.16 bits per heavy atom. The molecule has 1 fully saturated rings. The smallest absolute Gasteiger partial charge is 0.406 e. The van der Waals surface area contributed by atoms with Crippen molar-refractivity contribution in [2.45, 2.75) is 20.3 Å². The molecule has 162 valence electrons. The minimum absolute atomic E-state index is 0.326. The predicted molar refractivity (Wildman–Crippen MR) is 126 cm³/mol. The van der Waals surface area contributed by atoms with Crippen molar-refractivity contribution >= 4 is 28.6 Å². The minimum atomic E-state index is -0.581. The van der Waals surface area contributed by atoms with Gasteiger partial charge in [-0.05, 0) is 36.1 Å². The zero-order chi connectivity index (χ0) is 22.1. The van der Waals surface area contributed by atoms with Crippen LogP contribution >= 0.6 is 0 Å².